The molecule has 0 radical (unpaired) electrons. The van der Waals surface area contributed by atoms with E-state index in [-0.39, 0.29) is 5.97 Å². The average Bonchev–Trinajstić information content (AvgIpc) is 2.51. The molecule has 3 nitrogen and oxygen atoms in total. The minimum Gasteiger partial charge on any atom is -0.488 e. The van der Waals surface area contributed by atoms with Gasteiger partial charge in [-0.15, -0.1) is 0 Å². The molecule has 0 bridgehead atoms. The highest BCUT2D eigenvalue weighted by Crippen LogP contribution is 2.27. The highest BCUT2D eigenvalue weighted by molar-refractivity contribution is 9.10. The molecule has 2 aromatic carbocycles. The fraction of sp³-hybridized carbons (Fsp3) is 0.118. The van der Waals surface area contributed by atoms with Gasteiger partial charge in [0.1, 0.15) is 12.4 Å². The summed E-state index contributed by atoms with van der Waals surface area (Å²) < 4.78 is 12.2. The van der Waals surface area contributed by atoms with Crippen LogP contribution in [-0.2, 0) is 16.1 Å². The number of carbonyl (C=O) groups is 1. The summed E-state index contributed by atoms with van der Waals surface area (Å²) in [5.74, 6) is 0.362. The largest absolute Gasteiger partial charge is 0.488 e. The van der Waals surface area contributed by atoms with E-state index < -0.39 is 0 Å². The Labute approximate surface area is 146 Å². The summed E-state index contributed by atoms with van der Waals surface area (Å²) in [6.07, 6.45) is 3.07. The molecule has 0 unspecified atom stereocenters. The molecule has 2 rings (SSSR count). The first-order valence-electron chi connectivity index (χ1n) is 6.51. The summed E-state index contributed by atoms with van der Waals surface area (Å²) in [5.41, 5.74) is 1.96. The normalized spacial score (nSPS) is 10.7. The number of hydrogen-bond donors (Lipinski definition) is 0. The van der Waals surface area contributed by atoms with Gasteiger partial charge in [0.2, 0.25) is 0 Å². The molecule has 2 aromatic rings. The fourth-order valence-corrected chi connectivity index (χ4v) is 2.72. The quantitative estimate of drug-likeness (QED) is 0.500. The van der Waals surface area contributed by atoms with E-state index in [0.717, 1.165) is 25.8 Å². The molecule has 0 saturated heterocycles. The topological polar surface area (TPSA) is 35.5 Å². The lowest BCUT2D eigenvalue weighted by atomic mass is 10.2. The van der Waals surface area contributed by atoms with Gasteiger partial charge < -0.3 is 9.47 Å². The van der Waals surface area contributed by atoms with Crippen molar-refractivity contribution in [3.05, 3.63) is 68.6 Å². The van der Waals surface area contributed by atoms with Crippen LogP contribution in [0.4, 0.5) is 0 Å². The van der Waals surface area contributed by atoms with Crippen LogP contribution in [0, 0.1) is 0 Å². The summed E-state index contributed by atoms with van der Waals surface area (Å²) in [5, 5.41) is 0. The number of esters is 1. The molecule has 0 heterocycles. The van der Waals surface area contributed by atoms with Gasteiger partial charge in [-0.2, -0.15) is 0 Å². The van der Waals surface area contributed by atoms with Crippen LogP contribution < -0.4 is 4.74 Å². The van der Waals surface area contributed by atoms with Crippen LogP contribution in [-0.4, -0.2) is 13.1 Å². The third kappa shape index (κ3) is 5.00. The van der Waals surface area contributed by atoms with Gasteiger partial charge in [0.05, 0.1) is 11.6 Å². The molecule has 0 aromatic heterocycles. The van der Waals surface area contributed by atoms with Crippen LogP contribution in [0.5, 0.6) is 5.75 Å². The molecule has 0 aliphatic carbocycles. The second-order valence-electron chi connectivity index (χ2n) is 4.46. The van der Waals surface area contributed by atoms with Crippen LogP contribution in [0.3, 0.4) is 0 Å². The third-order valence-electron chi connectivity index (χ3n) is 2.85. The van der Waals surface area contributed by atoms with Crippen molar-refractivity contribution in [3.8, 4) is 5.75 Å². The zero-order chi connectivity index (χ0) is 15.9. The van der Waals surface area contributed by atoms with Crippen LogP contribution in [0.25, 0.3) is 6.08 Å². The van der Waals surface area contributed by atoms with E-state index in [4.69, 9.17) is 4.74 Å². The fourth-order valence-electron chi connectivity index (χ4n) is 1.76. The Kier molecular flexibility index (Phi) is 6.21. The van der Waals surface area contributed by atoms with Crippen molar-refractivity contribution in [3.63, 3.8) is 0 Å². The minimum absolute atomic E-state index is 0.383. The molecule has 0 spiro atoms. The first-order valence-corrected chi connectivity index (χ1v) is 8.10. The van der Waals surface area contributed by atoms with Crippen LogP contribution in [0.2, 0.25) is 0 Å². The lowest BCUT2D eigenvalue weighted by molar-refractivity contribution is -0.134. The van der Waals surface area contributed by atoms with E-state index >= 15 is 0 Å². The zero-order valence-electron chi connectivity index (χ0n) is 11.9. The van der Waals surface area contributed by atoms with E-state index in [1.807, 2.05) is 42.5 Å². The van der Waals surface area contributed by atoms with E-state index in [0.29, 0.717) is 6.61 Å². The molecule has 0 atom stereocenters. The Morgan fingerprint density at radius 2 is 2.00 bits per heavy atom. The zero-order valence-corrected chi connectivity index (χ0v) is 15.1. The Hall–Kier alpha value is -1.59. The Morgan fingerprint density at radius 3 is 2.68 bits per heavy atom. The molecule has 0 N–H and O–H groups in total. The van der Waals surface area contributed by atoms with Crippen molar-refractivity contribution >= 4 is 43.9 Å². The van der Waals surface area contributed by atoms with Gasteiger partial charge in [0.25, 0.3) is 0 Å². The standard InChI is InChI=1S/C17H14Br2O3/c1-21-17(20)8-6-12-5-7-16(15(19)10-12)22-11-13-3-2-4-14(18)9-13/h2-10H,11H2,1H3/b8-6+. The maximum Gasteiger partial charge on any atom is 0.330 e. The number of benzene rings is 2. The highest BCUT2D eigenvalue weighted by atomic mass is 79.9. The first-order chi connectivity index (χ1) is 10.6. The van der Waals surface area contributed by atoms with Crippen LogP contribution >= 0.6 is 31.9 Å². The van der Waals surface area contributed by atoms with Crippen LogP contribution in [0.15, 0.2) is 57.5 Å². The SMILES string of the molecule is COC(=O)/C=C/c1ccc(OCc2cccc(Br)c2)c(Br)c1. The molecule has 22 heavy (non-hydrogen) atoms. The van der Waals surface area contributed by atoms with Crippen molar-refractivity contribution in [2.75, 3.05) is 7.11 Å². The molecule has 0 amide bonds. The van der Waals surface area contributed by atoms with Crippen LogP contribution in [0.1, 0.15) is 11.1 Å². The second kappa shape index (κ2) is 8.15. The Bertz CT molecular complexity index is 696. The smallest absolute Gasteiger partial charge is 0.330 e. The first kappa shape index (κ1) is 16.8. The minimum atomic E-state index is -0.383. The van der Waals surface area contributed by atoms with Gasteiger partial charge in [-0.3, -0.25) is 0 Å². The summed E-state index contributed by atoms with van der Waals surface area (Å²) >= 11 is 6.91. The second-order valence-corrected chi connectivity index (χ2v) is 6.23. The maximum atomic E-state index is 11.1. The lowest BCUT2D eigenvalue weighted by Gasteiger charge is -2.09. The summed E-state index contributed by atoms with van der Waals surface area (Å²) in [4.78, 5) is 11.1. The Balaban J connectivity index is 2.03. The summed E-state index contributed by atoms with van der Waals surface area (Å²) in [6, 6.07) is 13.6. The predicted molar refractivity (Wildman–Crippen MR) is 93.7 cm³/mol. The van der Waals surface area contributed by atoms with Gasteiger partial charge in [-0.05, 0) is 57.4 Å². The van der Waals surface area contributed by atoms with Gasteiger partial charge in [0.15, 0.2) is 0 Å². The van der Waals surface area contributed by atoms with E-state index in [1.165, 1.54) is 13.2 Å². The number of halogens is 2. The molecular weight excluding hydrogens is 412 g/mol. The van der Waals surface area contributed by atoms with Crippen molar-refractivity contribution in [2.24, 2.45) is 0 Å². The van der Waals surface area contributed by atoms with E-state index in [2.05, 4.69) is 36.6 Å². The molecule has 0 saturated carbocycles. The van der Waals surface area contributed by atoms with Crippen molar-refractivity contribution in [2.45, 2.75) is 6.61 Å². The molecule has 114 valence electrons. The predicted octanol–water partition coefficient (Wildman–Crippen LogP) is 4.98. The van der Waals surface area contributed by atoms with Gasteiger partial charge in [0, 0.05) is 10.5 Å². The number of rotatable bonds is 5. The van der Waals surface area contributed by atoms with Crippen molar-refractivity contribution in [1.82, 2.24) is 0 Å². The number of carbonyl (C=O) groups excluding carboxylic acids is 1. The van der Waals surface area contributed by atoms with Gasteiger partial charge >= 0.3 is 5.97 Å². The van der Waals surface area contributed by atoms with Crippen molar-refractivity contribution in [1.29, 1.82) is 0 Å². The van der Waals surface area contributed by atoms with Crippen molar-refractivity contribution < 1.29 is 14.3 Å². The molecule has 0 aliphatic rings. The van der Waals surface area contributed by atoms with Gasteiger partial charge in [-0.1, -0.05) is 34.1 Å². The highest BCUT2D eigenvalue weighted by Gasteiger charge is 2.03. The molecule has 0 aliphatic heterocycles. The molecule has 5 heteroatoms. The van der Waals surface area contributed by atoms with E-state index in [1.54, 1.807) is 6.08 Å². The Morgan fingerprint density at radius 1 is 1.18 bits per heavy atom. The van der Waals surface area contributed by atoms with Gasteiger partial charge in [-0.25, -0.2) is 4.79 Å². The lowest BCUT2D eigenvalue weighted by Crippen LogP contribution is -1.96. The molecule has 0 fully saturated rings. The van der Waals surface area contributed by atoms with E-state index in [9.17, 15) is 4.79 Å². The average molecular weight is 426 g/mol. The molecular formula is C17H14Br2O3. The monoisotopic (exact) mass is 424 g/mol. The third-order valence-corrected chi connectivity index (χ3v) is 3.97. The number of ether oxygens (including phenoxy) is 2. The maximum absolute atomic E-state index is 11.1. The summed E-state index contributed by atoms with van der Waals surface area (Å²) in [6.45, 7) is 0.482. The summed E-state index contributed by atoms with van der Waals surface area (Å²) in [7, 11) is 1.35. The number of methoxy groups -OCH3 is 1. The number of hydrogen-bond acceptors (Lipinski definition) is 3.